The van der Waals surface area contributed by atoms with Crippen LogP contribution in [-0.2, 0) is 6.18 Å². The smallest absolute Gasteiger partial charge is 0.387 e. The van der Waals surface area contributed by atoms with Crippen LogP contribution in [0.2, 0.25) is 5.02 Å². The minimum Gasteiger partial charge on any atom is -0.387 e. The molecule has 1 aromatic heterocycles. The predicted molar refractivity (Wildman–Crippen MR) is 101 cm³/mol. The Morgan fingerprint density at radius 1 is 1.07 bits per heavy atom. The Hall–Kier alpha value is -2.88. The van der Waals surface area contributed by atoms with Crippen LogP contribution in [0.15, 0.2) is 54.6 Å². The van der Waals surface area contributed by atoms with E-state index in [0.717, 1.165) is 12.1 Å². The van der Waals surface area contributed by atoms with Gasteiger partial charge in [0.15, 0.2) is 0 Å². The molecule has 2 aromatic carbocycles. The van der Waals surface area contributed by atoms with E-state index in [9.17, 15) is 18.3 Å². The minimum atomic E-state index is -4.58. The molecule has 0 fully saturated rings. The first-order valence-electron chi connectivity index (χ1n) is 8.32. The van der Waals surface area contributed by atoms with Crippen molar-refractivity contribution in [2.45, 2.75) is 12.3 Å². The van der Waals surface area contributed by atoms with Gasteiger partial charge in [0.05, 0.1) is 22.4 Å². The first-order valence-corrected chi connectivity index (χ1v) is 8.70. The first kappa shape index (κ1) is 20.8. The second kappa shape index (κ2) is 8.64. The molecule has 0 saturated heterocycles. The maximum atomic E-state index is 12.9. The summed E-state index contributed by atoms with van der Waals surface area (Å²) in [5.41, 5.74) is 0.133. The fourth-order valence-corrected chi connectivity index (χ4v) is 2.89. The molecule has 0 amide bonds. The van der Waals surface area contributed by atoms with Crippen molar-refractivity contribution in [3.05, 3.63) is 70.7 Å². The van der Waals surface area contributed by atoms with Gasteiger partial charge in [-0.2, -0.15) is 28.4 Å². The summed E-state index contributed by atoms with van der Waals surface area (Å²) in [6.07, 6.45) is -5.42. The summed E-state index contributed by atoms with van der Waals surface area (Å²) in [6.45, 7) is 0.0824. The van der Waals surface area contributed by atoms with Crippen LogP contribution >= 0.6 is 11.6 Å². The van der Waals surface area contributed by atoms with Crippen molar-refractivity contribution in [1.29, 1.82) is 0 Å². The van der Waals surface area contributed by atoms with E-state index in [1.165, 1.54) is 12.1 Å². The van der Waals surface area contributed by atoms with Gasteiger partial charge >= 0.3 is 12.2 Å². The SMILES string of the molecule is OOc1nc(NC[C@H](O)c2ccccc2)cc(-c2ccc(C(F)(F)F)c(Cl)c2)n1. The molecule has 29 heavy (non-hydrogen) atoms. The van der Waals surface area contributed by atoms with Gasteiger partial charge in [-0.25, -0.2) is 0 Å². The summed E-state index contributed by atoms with van der Waals surface area (Å²) in [4.78, 5) is 11.9. The Bertz CT molecular complexity index is 987. The number of halogens is 4. The van der Waals surface area contributed by atoms with Gasteiger partial charge < -0.3 is 10.4 Å². The third kappa shape index (κ3) is 5.14. The van der Waals surface area contributed by atoms with Crippen LogP contribution in [0.4, 0.5) is 19.0 Å². The van der Waals surface area contributed by atoms with Crippen LogP contribution in [-0.4, -0.2) is 26.9 Å². The average molecular weight is 426 g/mol. The molecule has 1 atom stereocenters. The van der Waals surface area contributed by atoms with E-state index in [0.29, 0.717) is 5.56 Å². The van der Waals surface area contributed by atoms with Gasteiger partial charge in [-0.15, -0.1) is 0 Å². The number of aromatic nitrogens is 2. The normalized spacial score (nSPS) is 12.5. The summed E-state index contributed by atoms with van der Waals surface area (Å²) in [5.74, 6) is 0.185. The van der Waals surface area contributed by atoms with E-state index in [1.807, 2.05) is 6.07 Å². The molecule has 10 heteroatoms. The number of nitrogens with one attached hydrogen (secondary N) is 1. The largest absolute Gasteiger partial charge is 0.417 e. The molecule has 0 aliphatic heterocycles. The number of aliphatic hydroxyl groups excluding tert-OH is 1. The maximum absolute atomic E-state index is 12.9. The Labute approximate surface area is 168 Å². The summed E-state index contributed by atoms with van der Waals surface area (Å²) in [6, 6.07) is 13.0. The number of hydrogen-bond donors (Lipinski definition) is 3. The highest BCUT2D eigenvalue weighted by Gasteiger charge is 2.33. The lowest BCUT2D eigenvalue weighted by atomic mass is 10.1. The highest BCUT2D eigenvalue weighted by Crippen LogP contribution is 2.37. The third-order valence-corrected chi connectivity index (χ3v) is 4.33. The molecule has 6 nitrogen and oxygen atoms in total. The highest BCUT2D eigenvalue weighted by atomic mass is 35.5. The van der Waals surface area contributed by atoms with Crippen LogP contribution in [0.25, 0.3) is 11.3 Å². The molecule has 3 N–H and O–H groups in total. The summed E-state index contributed by atoms with van der Waals surface area (Å²) in [7, 11) is 0. The molecular weight excluding hydrogens is 411 g/mol. The summed E-state index contributed by atoms with van der Waals surface area (Å²) < 4.78 is 38.7. The molecule has 0 radical (unpaired) electrons. The second-order valence-corrected chi connectivity index (χ2v) is 6.42. The van der Waals surface area contributed by atoms with Crippen LogP contribution < -0.4 is 10.2 Å². The van der Waals surface area contributed by atoms with Gasteiger partial charge in [0.1, 0.15) is 5.82 Å². The van der Waals surface area contributed by atoms with E-state index in [2.05, 4.69) is 20.2 Å². The average Bonchev–Trinajstić information content (AvgIpc) is 2.71. The monoisotopic (exact) mass is 425 g/mol. The molecule has 0 aliphatic carbocycles. The van der Waals surface area contributed by atoms with Crippen molar-refractivity contribution in [2.24, 2.45) is 0 Å². The van der Waals surface area contributed by atoms with E-state index >= 15 is 0 Å². The molecule has 0 spiro atoms. The number of aliphatic hydroxyl groups is 1. The van der Waals surface area contributed by atoms with Gasteiger partial charge in [0.2, 0.25) is 0 Å². The van der Waals surface area contributed by atoms with Crippen molar-refractivity contribution in [1.82, 2.24) is 9.97 Å². The molecular formula is C19H15ClF3N3O3. The number of rotatable bonds is 6. The standard InChI is InChI=1S/C19H15ClF3N3O3/c20-14-8-12(6-7-13(14)19(21,22)23)15-9-17(26-18(25-15)29-28)24-10-16(27)11-4-2-1-3-5-11/h1-9,16,27-28H,10H2,(H,24,25,26)/t16-/m0/s1. The van der Waals surface area contributed by atoms with Gasteiger partial charge in [-0.3, -0.25) is 4.89 Å². The fraction of sp³-hybridized carbons (Fsp3) is 0.158. The Kier molecular flexibility index (Phi) is 6.21. The Morgan fingerprint density at radius 3 is 2.41 bits per heavy atom. The number of alkyl halides is 3. The van der Waals surface area contributed by atoms with Crippen molar-refractivity contribution in [2.75, 3.05) is 11.9 Å². The topological polar surface area (TPSA) is 87.5 Å². The molecule has 0 bridgehead atoms. The quantitative estimate of drug-likeness (QED) is 0.388. The van der Waals surface area contributed by atoms with Crippen LogP contribution in [0, 0.1) is 0 Å². The summed E-state index contributed by atoms with van der Waals surface area (Å²) in [5, 5.41) is 21.5. The van der Waals surface area contributed by atoms with E-state index < -0.39 is 28.9 Å². The molecule has 0 unspecified atom stereocenters. The van der Waals surface area contributed by atoms with E-state index in [4.69, 9.17) is 16.9 Å². The molecule has 1 heterocycles. The van der Waals surface area contributed by atoms with Gasteiger partial charge in [-0.1, -0.05) is 48.0 Å². The number of nitrogens with zero attached hydrogens (tertiary/aromatic N) is 2. The molecule has 0 saturated carbocycles. The zero-order valence-electron chi connectivity index (χ0n) is 14.7. The lowest BCUT2D eigenvalue weighted by Gasteiger charge is -2.14. The van der Waals surface area contributed by atoms with Crippen LogP contribution in [0.5, 0.6) is 6.01 Å². The predicted octanol–water partition coefficient (Wildman–Crippen LogP) is 4.81. The van der Waals surface area contributed by atoms with Crippen molar-refractivity contribution in [3.63, 3.8) is 0 Å². The van der Waals surface area contributed by atoms with E-state index in [-0.39, 0.29) is 23.6 Å². The molecule has 3 rings (SSSR count). The van der Waals surface area contributed by atoms with Gasteiger partial charge in [0.25, 0.3) is 0 Å². The van der Waals surface area contributed by atoms with E-state index in [1.54, 1.807) is 24.3 Å². The summed E-state index contributed by atoms with van der Waals surface area (Å²) >= 11 is 5.76. The van der Waals surface area contributed by atoms with Gasteiger partial charge in [0, 0.05) is 18.2 Å². The fourth-order valence-electron chi connectivity index (χ4n) is 2.60. The Morgan fingerprint density at radius 2 is 1.79 bits per heavy atom. The zero-order valence-corrected chi connectivity index (χ0v) is 15.4. The van der Waals surface area contributed by atoms with Crippen molar-refractivity contribution < 1.29 is 28.4 Å². The lowest BCUT2D eigenvalue weighted by molar-refractivity contribution is -0.145. The third-order valence-electron chi connectivity index (χ3n) is 4.02. The minimum absolute atomic E-state index is 0.0824. The Balaban J connectivity index is 1.85. The van der Waals surface area contributed by atoms with Gasteiger partial charge in [-0.05, 0) is 17.7 Å². The number of hydrogen-bond acceptors (Lipinski definition) is 6. The number of benzene rings is 2. The maximum Gasteiger partial charge on any atom is 0.417 e. The zero-order chi connectivity index (χ0) is 21.0. The van der Waals surface area contributed by atoms with Crippen molar-refractivity contribution >= 4 is 17.4 Å². The molecule has 0 aliphatic rings. The van der Waals surface area contributed by atoms with Crippen LogP contribution in [0.3, 0.4) is 0 Å². The highest BCUT2D eigenvalue weighted by molar-refractivity contribution is 6.31. The van der Waals surface area contributed by atoms with Crippen LogP contribution in [0.1, 0.15) is 17.2 Å². The molecule has 3 aromatic rings. The molecule has 152 valence electrons. The number of anilines is 1. The first-order chi connectivity index (χ1) is 13.8. The lowest BCUT2D eigenvalue weighted by Crippen LogP contribution is -2.13. The van der Waals surface area contributed by atoms with Crippen molar-refractivity contribution in [3.8, 4) is 17.3 Å². The second-order valence-electron chi connectivity index (χ2n) is 6.01.